The molecule has 0 fully saturated rings. The molecular formula is C34H48O9SSi. The Balaban J connectivity index is 1.17. The molecule has 0 N–H and O–H groups in total. The lowest BCUT2D eigenvalue weighted by molar-refractivity contribution is -0.0142. The summed E-state index contributed by atoms with van der Waals surface area (Å²) in [5.41, 5.74) is 0. The normalized spacial score (nSPS) is 12.4. The maximum absolute atomic E-state index is 12.0. The van der Waals surface area contributed by atoms with Crippen LogP contribution >= 0.6 is 0 Å². The summed E-state index contributed by atoms with van der Waals surface area (Å²) in [6, 6.07) is 29.2. The molecule has 3 aromatic carbocycles. The largest absolute Gasteiger partial charge is 0.405 e. The Kier molecular flexibility index (Phi) is 16.4. The van der Waals surface area contributed by atoms with Crippen molar-refractivity contribution >= 4 is 28.8 Å². The molecular weight excluding hydrogens is 613 g/mol. The quantitative estimate of drug-likeness (QED) is 0.0848. The van der Waals surface area contributed by atoms with Crippen molar-refractivity contribution in [2.75, 3.05) is 79.3 Å². The van der Waals surface area contributed by atoms with Gasteiger partial charge in [-0.05, 0) is 27.5 Å². The molecule has 0 aliphatic heterocycles. The van der Waals surface area contributed by atoms with Gasteiger partial charge < -0.3 is 28.1 Å². The Morgan fingerprint density at radius 3 is 1.20 bits per heavy atom. The molecule has 0 heterocycles. The molecule has 3 rings (SSSR count). The average molecular weight is 661 g/mol. The molecule has 0 aliphatic carbocycles. The van der Waals surface area contributed by atoms with E-state index in [9.17, 15) is 8.42 Å². The highest BCUT2D eigenvalue weighted by molar-refractivity contribution is 7.86. The van der Waals surface area contributed by atoms with Crippen molar-refractivity contribution in [1.82, 2.24) is 0 Å². The van der Waals surface area contributed by atoms with E-state index in [1.807, 2.05) is 12.1 Å². The molecule has 0 spiro atoms. The molecule has 0 saturated carbocycles. The molecule has 0 saturated heterocycles. The fraction of sp³-hybridized carbons (Fsp3) is 0.471. The molecule has 248 valence electrons. The van der Waals surface area contributed by atoms with E-state index in [-0.39, 0.29) is 23.1 Å². The number of hydrogen-bond donors (Lipinski definition) is 0. The summed E-state index contributed by atoms with van der Waals surface area (Å²) in [5.74, 6) is 0. The van der Waals surface area contributed by atoms with Crippen molar-refractivity contribution < 1.29 is 40.7 Å². The van der Waals surface area contributed by atoms with Gasteiger partial charge >= 0.3 is 0 Å². The fourth-order valence-corrected chi connectivity index (χ4v) is 10.3. The van der Waals surface area contributed by atoms with E-state index in [2.05, 4.69) is 69.3 Å². The Labute approximate surface area is 270 Å². The maximum Gasteiger partial charge on any atom is 0.297 e. The molecule has 3 aromatic rings. The summed E-state index contributed by atoms with van der Waals surface area (Å²) in [6.45, 7) is 11.4. The maximum atomic E-state index is 12.0. The predicted molar refractivity (Wildman–Crippen MR) is 177 cm³/mol. The van der Waals surface area contributed by atoms with Gasteiger partial charge in [0.05, 0.1) is 84.2 Å². The molecule has 0 atom stereocenters. The second kappa shape index (κ2) is 19.9. The van der Waals surface area contributed by atoms with E-state index < -0.39 is 18.4 Å². The smallest absolute Gasteiger partial charge is 0.297 e. The standard InChI is InChI=1S/C34H48O9SSi/c1-34(2,3)45(32-15-9-5-10-16-32,33-17-11-6-12-18-33)43-30-28-41-26-24-39-22-20-37-19-21-38-23-25-40-27-29-42-44(35,36)31-13-7-4-8-14-31/h4-18H,19-30H2,1-3H3. The van der Waals surface area contributed by atoms with Crippen LogP contribution < -0.4 is 10.4 Å². The van der Waals surface area contributed by atoms with Crippen molar-refractivity contribution in [3.63, 3.8) is 0 Å². The van der Waals surface area contributed by atoms with Gasteiger partial charge in [0.15, 0.2) is 0 Å². The summed E-state index contributed by atoms with van der Waals surface area (Å²) in [7, 11) is -6.31. The van der Waals surface area contributed by atoms with Gasteiger partial charge in [-0.3, -0.25) is 4.18 Å². The Morgan fingerprint density at radius 2 is 0.822 bits per heavy atom. The van der Waals surface area contributed by atoms with Gasteiger partial charge in [-0.1, -0.05) is 99.6 Å². The van der Waals surface area contributed by atoms with E-state index in [0.29, 0.717) is 66.1 Å². The summed E-state index contributed by atoms with van der Waals surface area (Å²) in [4.78, 5) is 0.125. The lowest BCUT2D eigenvalue weighted by Crippen LogP contribution is -2.66. The third-order valence-electron chi connectivity index (χ3n) is 6.95. The summed E-state index contributed by atoms with van der Waals surface area (Å²) >= 11 is 0. The van der Waals surface area contributed by atoms with Gasteiger partial charge in [-0.25, -0.2) is 0 Å². The van der Waals surface area contributed by atoms with E-state index in [1.165, 1.54) is 22.5 Å². The van der Waals surface area contributed by atoms with Gasteiger partial charge in [-0.15, -0.1) is 0 Å². The van der Waals surface area contributed by atoms with Gasteiger partial charge in [0, 0.05) is 0 Å². The van der Waals surface area contributed by atoms with Crippen molar-refractivity contribution in [3.8, 4) is 0 Å². The van der Waals surface area contributed by atoms with Crippen LogP contribution in [0, 0.1) is 0 Å². The molecule has 0 aromatic heterocycles. The Morgan fingerprint density at radius 1 is 0.489 bits per heavy atom. The molecule has 45 heavy (non-hydrogen) atoms. The van der Waals surface area contributed by atoms with E-state index >= 15 is 0 Å². The highest BCUT2D eigenvalue weighted by atomic mass is 32.2. The minimum Gasteiger partial charge on any atom is -0.405 e. The fourth-order valence-electron chi connectivity index (χ4n) is 4.85. The molecule has 0 bridgehead atoms. The van der Waals surface area contributed by atoms with Crippen LogP contribution in [0.2, 0.25) is 5.04 Å². The topological polar surface area (TPSA) is 98.8 Å². The van der Waals surface area contributed by atoms with E-state index in [1.54, 1.807) is 18.2 Å². The van der Waals surface area contributed by atoms with Crippen LogP contribution in [0.15, 0.2) is 95.9 Å². The van der Waals surface area contributed by atoms with Crippen molar-refractivity contribution in [3.05, 3.63) is 91.0 Å². The first-order chi connectivity index (χ1) is 21.8. The van der Waals surface area contributed by atoms with Crippen LogP contribution in [0.1, 0.15) is 20.8 Å². The first-order valence-electron chi connectivity index (χ1n) is 15.4. The van der Waals surface area contributed by atoms with Gasteiger partial charge in [-0.2, -0.15) is 8.42 Å². The predicted octanol–water partition coefficient (Wildman–Crippen LogP) is 4.05. The van der Waals surface area contributed by atoms with Crippen LogP contribution in [0.4, 0.5) is 0 Å². The molecule has 0 amide bonds. The average Bonchev–Trinajstić information content (AvgIpc) is 3.04. The first kappa shape index (κ1) is 37.0. The van der Waals surface area contributed by atoms with Crippen molar-refractivity contribution in [2.45, 2.75) is 30.7 Å². The minimum atomic E-state index is -3.76. The second-order valence-corrected chi connectivity index (χ2v) is 17.1. The molecule has 11 heteroatoms. The summed E-state index contributed by atoms with van der Waals surface area (Å²) in [6.07, 6.45) is 0. The second-order valence-electron chi connectivity index (χ2n) is 11.2. The number of benzene rings is 3. The third-order valence-corrected chi connectivity index (χ3v) is 13.3. The Hall–Kier alpha value is -2.45. The van der Waals surface area contributed by atoms with Crippen molar-refractivity contribution in [2.24, 2.45) is 0 Å². The SMILES string of the molecule is CC(C)(C)[Si](OCCOCCOCCOCCOCCOCCOS(=O)(=O)c1ccccc1)(c1ccccc1)c1ccccc1. The first-order valence-corrected chi connectivity index (χ1v) is 18.7. The summed E-state index contributed by atoms with van der Waals surface area (Å²) in [5, 5.41) is 2.44. The van der Waals surface area contributed by atoms with Gasteiger partial charge in [0.25, 0.3) is 18.4 Å². The molecule has 0 unspecified atom stereocenters. The number of rotatable bonds is 23. The van der Waals surface area contributed by atoms with E-state index in [0.717, 1.165) is 0 Å². The lowest BCUT2D eigenvalue weighted by atomic mass is 10.2. The molecule has 0 radical (unpaired) electrons. The number of hydrogen-bond acceptors (Lipinski definition) is 9. The van der Waals surface area contributed by atoms with Crippen molar-refractivity contribution in [1.29, 1.82) is 0 Å². The zero-order chi connectivity index (χ0) is 32.3. The third kappa shape index (κ3) is 12.3. The lowest BCUT2D eigenvalue weighted by Gasteiger charge is -2.43. The van der Waals surface area contributed by atoms with Crippen LogP contribution in [-0.4, -0.2) is 96.0 Å². The Bertz CT molecular complexity index is 1250. The van der Waals surface area contributed by atoms with Crippen LogP contribution in [-0.2, 0) is 42.4 Å². The summed E-state index contributed by atoms with van der Waals surface area (Å²) < 4.78 is 63.6. The monoisotopic (exact) mass is 660 g/mol. The zero-order valence-corrected chi connectivity index (χ0v) is 28.5. The van der Waals surface area contributed by atoms with Gasteiger partial charge in [0.2, 0.25) is 0 Å². The highest BCUT2D eigenvalue weighted by Crippen LogP contribution is 2.36. The molecule has 9 nitrogen and oxygen atoms in total. The zero-order valence-electron chi connectivity index (χ0n) is 26.7. The minimum absolute atomic E-state index is 0.0544. The van der Waals surface area contributed by atoms with E-state index in [4.69, 9.17) is 32.3 Å². The van der Waals surface area contributed by atoms with Crippen LogP contribution in [0.5, 0.6) is 0 Å². The molecule has 0 aliphatic rings. The number of ether oxygens (including phenoxy) is 5. The van der Waals surface area contributed by atoms with Crippen LogP contribution in [0.3, 0.4) is 0 Å². The van der Waals surface area contributed by atoms with Gasteiger partial charge in [0.1, 0.15) is 0 Å². The highest BCUT2D eigenvalue weighted by Gasteiger charge is 2.50. The van der Waals surface area contributed by atoms with Crippen LogP contribution in [0.25, 0.3) is 0 Å².